The van der Waals surface area contributed by atoms with E-state index in [-0.39, 0.29) is 36.9 Å². The van der Waals surface area contributed by atoms with Gasteiger partial charge in [-0.05, 0) is 6.26 Å². The first-order chi connectivity index (χ1) is 14.9. The number of hydrogen-bond acceptors (Lipinski definition) is 10. The maximum Gasteiger partial charge on any atom is 0.694 e. The molecule has 1 aliphatic rings. The van der Waals surface area contributed by atoms with Gasteiger partial charge in [0.1, 0.15) is 18.6 Å². The molecule has 31 heavy (non-hydrogen) atoms. The third-order valence-corrected chi connectivity index (χ3v) is 6.38. The van der Waals surface area contributed by atoms with E-state index in [0.29, 0.717) is 35.5 Å². The molecule has 2 aromatic heterocycles. The number of rotatable bonds is 9. The van der Waals surface area contributed by atoms with E-state index in [1.165, 1.54) is 0 Å². The first-order valence-corrected chi connectivity index (χ1v) is 13.1. The summed E-state index contributed by atoms with van der Waals surface area (Å²) in [5.41, 5.74) is 11.7. The van der Waals surface area contributed by atoms with Gasteiger partial charge in [-0.2, -0.15) is 4.98 Å². The first kappa shape index (κ1) is 24.0. The Morgan fingerprint density at radius 2 is 2.35 bits per heavy atom. The van der Waals surface area contributed by atoms with Gasteiger partial charge in [0.25, 0.3) is 5.56 Å². The van der Waals surface area contributed by atoms with Crippen LogP contribution in [-0.2, 0) is 25.1 Å². The normalized spacial score (nSPS) is 21.3. The summed E-state index contributed by atoms with van der Waals surface area (Å²) in [6.07, 6.45) is 3.08. The van der Waals surface area contributed by atoms with Crippen molar-refractivity contribution in [3.05, 3.63) is 22.1 Å². The Morgan fingerprint density at radius 1 is 1.55 bits per heavy atom. The van der Waals surface area contributed by atoms with Crippen LogP contribution in [-0.4, -0.2) is 63.1 Å². The van der Waals surface area contributed by atoms with Crippen LogP contribution in [0.15, 0.2) is 11.0 Å². The van der Waals surface area contributed by atoms with Crippen molar-refractivity contribution in [2.75, 3.05) is 31.1 Å². The number of nitrogens with one attached hydrogen (secondary N) is 1. The average Bonchev–Trinajstić information content (AvgIpc) is 3.26. The van der Waals surface area contributed by atoms with Gasteiger partial charge in [0, 0.05) is 17.2 Å². The topological polar surface area (TPSA) is 168 Å². The summed E-state index contributed by atoms with van der Waals surface area (Å²) in [5, 5.41) is 0.328. The maximum absolute atomic E-state index is 12.4. The SMILES string of the molecule is CSSCOC1CC(Cn2cc(C#CCN)c3c(=O)[nH]c(N)nc32)OC1CO[P+](=O)O. The van der Waals surface area contributed by atoms with E-state index < -0.39 is 14.4 Å². The monoisotopic (exact) mass is 488 g/mol. The summed E-state index contributed by atoms with van der Waals surface area (Å²) in [6, 6.07) is 0. The second-order valence-corrected chi connectivity index (χ2v) is 9.77. The Balaban J connectivity index is 1.83. The molecule has 0 aliphatic carbocycles. The van der Waals surface area contributed by atoms with Crippen LogP contribution >= 0.6 is 29.8 Å². The number of nitrogens with zero attached hydrogens (tertiary/aromatic N) is 2. The molecule has 0 saturated carbocycles. The lowest BCUT2D eigenvalue weighted by Gasteiger charge is -2.16. The van der Waals surface area contributed by atoms with E-state index in [9.17, 15) is 9.36 Å². The number of aromatic nitrogens is 3. The van der Waals surface area contributed by atoms with Crippen molar-refractivity contribution in [3.63, 3.8) is 0 Å². The highest BCUT2D eigenvalue weighted by atomic mass is 33.1. The van der Waals surface area contributed by atoms with Crippen molar-refractivity contribution < 1.29 is 23.5 Å². The molecule has 1 aliphatic heterocycles. The minimum absolute atomic E-state index is 0.00384. The molecule has 0 aromatic carbocycles. The molecule has 4 unspecified atom stereocenters. The van der Waals surface area contributed by atoms with Gasteiger partial charge in [-0.1, -0.05) is 33.4 Å². The van der Waals surface area contributed by atoms with Crippen LogP contribution < -0.4 is 17.0 Å². The zero-order valence-corrected chi connectivity index (χ0v) is 19.2. The average molecular weight is 489 g/mol. The largest absolute Gasteiger partial charge is 0.694 e. The zero-order chi connectivity index (χ0) is 22.4. The lowest BCUT2D eigenvalue weighted by atomic mass is 10.1. The van der Waals surface area contributed by atoms with Crippen LogP contribution in [0.2, 0.25) is 0 Å². The molecule has 0 amide bonds. The van der Waals surface area contributed by atoms with Crippen molar-refractivity contribution in [2.45, 2.75) is 31.3 Å². The number of fused-ring (bicyclic) bond motifs is 1. The van der Waals surface area contributed by atoms with Crippen LogP contribution in [0.4, 0.5) is 5.95 Å². The summed E-state index contributed by atoms with van der Waals surface area (Å²) in [4.78, 5) is 28.1. The van der Waals surface area contributed by atoms with Gasteiger partial charge >= 0.3 is 8.25 Å². The summed E-state index contributed by atoms with van der Waals surface area (Å²) < 4.78 is 29.4. The van der Waals surface area contributed by atoms with Crippen molar-refractivity contribution in [2.24, 2.45) is 5.73 Å². The van der Waals surface area contributed by atoms with Crippen LogP contribution in [0, 0.1) is 11.8 Å². The van der Waals surface area contributed by atoms with Crippen molar-refractivity contribution in [3.8, 4) is 11.8 Å². The number of ether oxygens (including phenoxy) is 2. The summed E-state index contributed by atoms with van der Waals surface area (Å²) in [6.45, 7) is 0.440. The minimum atomic E-state index is -2.74. The minimum Gasteiger partial charge on any atom is -0.369 e. The Bertz CT molecular complexity index is 1050. The molecule has 4 atom stereocenters. The number of nitrogen functional groups attached to an aromatic ring is 1. The van der Waals surface area contributed by atoms with Crippen molar-refractivity contribution in [1.29, 1.82) is 0 Å². The maximum atomic E-state index is 12.4. The molecule has 2 aromatic rings. The van der Waals surface area contributed by atoms with Crippen LogP contribution in [0.25, 0.3) is 11.0 Å². The zero-order valence-electron chi connectivity index (χ0n) is 16.6. The van der Waals surface area contributed by atoms with Gasteiger partial charge in [0.2, 0.25) is 5.95 Å². The Kier molecular flexibility index (Phi) is 8.76. The molecular weight excluding hydrogens is 465 g/mol. The molecule has 0 radical (unpaired) electrons. The Hall–Kier alpha value is -1.62. The molecular formula is C17H23N5O6PS2+. The second-order valence-electron chi connectivity index (χ2n) is 6.52. The van der Waals surface area contributed by atoms with Gasteiger partial charge in [-0.15, -0.1) is 9.42 Å². The summed E-state index contributed by atoms with van der Waals surface area (Å²) in [5.74, 6) is 6.08. The quantitative estimate of drug-likeness (QED) is 0.129. The molecule has 6 N–H and O–H groups in total. The van der Waals surface area contributed by atoms with Crippen LogP contribution in [0.5, 0.6) is 0 Å². The van der Waals surface area contributed by atoms with E-state index in [4.69, 9.17) is 30.4 Å². The van der Waals surface area contributed by atoms with E-state index in [2.05, 4.69) is 21.8 Å². The molecule has 168 valence electrons. The first-order valence-electron chi connectivity index (χ1n) is 9.22. The van der Waals surface area contributed by atoms with Gasteiger partial charge in [0.15, 0.2) is 5.65 Å². The molecule has 11 nitrogen and oxygen atoms in total. The van der Waals surface area contributed by atoms with E-state index in [0.717, 1.165) is 0 Å². The summed E-state index contributed by atoms with van der Waals surface area (Å²) >= 11 is 0. The highest BCUT2D eigenvalue weighted by Crippen LogP contribution is 2.30. The van der Waals surface area contributed by atoms with E-state index in [1.54, 1.807) is 32.4 Å². The fourth-order valence-corrected chi connectivity index (χ4v) is 4.41. The lowest BCUT2D eigenvalue weighted by Crippen LogP contribution is -2.28. The highest BCUT2D eigenvalue weighted by molar-refractivity contribution is 8.76. The molecule has 3 heterocycles. The standard InChI is InChI=1S/C17H22N5O6PS2/c1-30-31-9-26-12-5-11(28-13(12)8-27-29(24)25)7-22-6-10(3-2-4-18)14-15(22)20-17(19)21-16(14)23/h6,11-13H,4-5,7-9,18H2,1H3,(H3-,19,20,21,23,24,25)/p+1. The van der Waals surface area contributed by atoms with Crippen LogP contribution in [0.1, 0.15) is 12.0 Å². The second kappa shape index (κ2) is 11.3. The van der Waals surface area contributed by atoms with E-state index >= 15 is 0 Å². The molecule has 3 rings (SSSR count). The van der Waals surface area contributed by atoms with Crippen molar-refractivity contribution in [1.82, 2.24) is 14.5 Å². The predicted molar refractivity (Wildman–Crippen MR) is 121 cm³/mol. The smallest absolute Gasteiger partial charge is 0.369 e. The molecule has 1 saturated heterocycles. The third kappa shape index (κ3) is 6.21. The molecule has 14 heteroatoms. The fourth-order valence-electron chi connectivity index (χ4n) is 3.35. The van der Waals surface area contributed by atoms with Gasteiger partial charge < -0.3 is 25.5 Å². The lowest BCUT2D eigenvalue weighted by molar-refractivity contribution is -0.0345. The number of hydrogen-bond donors (Lipinski definition) is 4. The third-order valence-electron chi connectivity index (χ3n) is 4.54. The van der Waals surface area contributed by atoms with Crippen LogP contribution in [0.3, 0.4) is 0 Å². The fraction of sp³-hybridized carbons (Fsp3) is 0.529. The number of anilines is 1. The van der Waals surface area contributed by atoms with Gasteiger partial charge in [0.05, 0.1) is 36.2 Å². The number of nitrogens with two attached hydrogens (primary N) is 2. The highest BCUT2D eigenvalue weighted by Gasteiger charge is 2.38. The number of H-pyrrole nitrogens is 1. The molecule has 0 bridgehead atoms. The van der Waals surface area contributed by atoms with Gasteiger partial charge in [-0.25, -0.2) is 0 Å². The molecule has 1 fully saturated rings. The number of aromatic amines is 1. The Morgan fingerprint density at radius 3 is 3.06 bits per heavy atom. The molecule has 0 spiro atoms. The predicted octanol–water partition coefficient (Wildman–Crippen LogP) is 0.795. The van der Waals surface area contributed by atoms with Crippen molar-refractivity contribution >= 4 is 46.8 Å². The Labute approximate surface area is 186 Å². The van der Waals surface area contributed by atoms with E-state index in [1.807, 2.05) is 6.26 Å². The summed E-state index contributed by atoms with van der Waals surface area (Å²) in [7, 11) is 0.381. The van der Waals surface area contributed by atoms with Gasteiger partial charge in [-0.3, -0.25) is 9.78 Å².